The molecule has 1 fully saturated rings. The maximum atomic E-state index is 12.9. The van der Waals surface area contributed by atoms with Crippen molar-refractivity contribution in [3.05, 3.63) is 86.9 Å². The molecule has 1 N–H and O–H groups in total. The molecule has 3 aromatic rings. The average Bonchev–Trinajstić information content (AvgIpc) is 3.44. The van der Waals surface area contributed by atoms with Crippen LogP contribution in [-0.2, 0) is 22.7 Å². The average molecular weight is 545 g/mol. The van der Waals surface area contributed by atoms with Gasteiger partial charge >= 0.3 is 12.0 Å². The Hall–Kier alpha value is -3.95. The van der Waals surface area contributed by atoms with E-state index in [1.807, 2.05) is 6.92 Å². The maximum Gasteiger partial charge on any atom is 0.373 e. The lowest BCUT2D eigenvalue weighted by Crippen LogP contribution is -2.30. The van der Waals surface area contributed by atoms with Gasteiger partial charge in [0.2, 0.25) is 5.76 Å². The molecule has 9 nitrogen and oxygen atoms in total. The molecule has 2 heterocycles. The second-order valence-corrected chi connectivity index (χ2v) is 8.64. The summed E-state index contributed by atoms with van der Waals surface area (Å²) >= 11 is 12.2. The smallest absolute Gasteiger partial charge is 0.373 e. The van der Waals surface area contributed by atoms with E-state index in [-0.39, 0.29) is 30.4 Å². The van der Waals surface area contributed by atoms with Crippen molar-refractivity contribution in [2.45, 2.75) is 20.1 Å². The first kappa shape index (κ1) is 26.1. The summed E-state index contributed by atoms with van der Waals surface area (Å²) in [6, 6.07) is 12.6. The molecular weight excluding hydrogens is 523 g/mol. The summed E-state index contributed by atoms with van der Waals surface area (Å²) in [5, 5.41) is 3.57. The Labute approximate surface area is 222 Å². The number of amides is 3. The number of methoxy groups -OCH3 is 1. The number of carbonyl (C=O) groups excluding carboxylic acids is 3. The lowest BCUT2D eigenvalue weighted by atomic mass is 10.1. The van der Waals surface area contributed by atoms with Crippen molar-refractivity contribution in [3.63, 3.8) is 0 Å². The second-order valence-electron chi connectivity index (χ2n) is 7.80. The van der Waals surface area contributed by atoms with Crippen LogP contribution in [-0.4, -0.2) is 36.5 Å². The molecule has 1 aliphatic heterocycles. The van der Waals surface area contributed by atoms with E-state index < -0.39 is 17.9 Å². The molecule has 37 heavy (non-hydrogen) atoms. The van der Waals surface area contributed by atoms with Gasteiger partial charge in [-0.25, -0.2) is 9.59 Å². The molecule has 1 aliphatic rings. The van der Waals surface area contributed by atoms with E-state index in [4.69, 9.17) is 37.1 Å². The lowest BCUT2D eigenvalue weighted by molar-refractivity contribution is -0.123. The van der Waals surface area contributed by atoms with E-state index in [0.717, 1.165) is 10.5 Å². The Bertz CT molecular complexity index is 1380. The van der Waals surface area contributed by atoms with Crippen LogP contribution in [0.5, 0.6) is 11.5 Å². The van der Waals surface area contributed by atoms with E-state index >= 15 is 0 Å². The van der Waals surface area contributed by atoms with E-state index in [1.165, 1.54) is 25.3 Å². The van der Waals surface area contributed by atoms with Gasteiger partial charge in [-0.3, -0.25) is 9.69 Å². The van der Waals surface area contributed by atoms with Gasteiger partial charge in [0.1, 0.15) is 18.1 Å². The summed E-state index contributed by atoms with van der Waals surface area (Å²) in [5.41, 5.74) is 1.44. The van der Waals surface area contributed by atoms with Crippen LogP contribution in [0.3, 0.4) is 0 Å². The number of hydrogen-bond donors (Lipinski definition) is 1. The van der Waals surface area contributed by atoms with Gasteiger partial charge in [0, 0.05) is 15.6 Å². The minimum Gasteiger partial charge on any atom is -0.490 e. The molecule has 4 rings (SSSR count). The Kier molecular flexibility index (Phi) is 8.05. The third-order valence-corrected chi connectivity index (χ3v) is 5.89. The minimum atomic E-state index is -0.655. The highest BCUT2D eigenvalue weighted by molar-refractivity contribution is 6.35. The lowest BCUT2D eigenvalue weighted by Gasteiger charge is -2.13. The molecule has 0 atom stereocenters. The van der Waals surface area contributed by atoms with Gasteiger partial charge in [0.15, 0.2) is 11.5 Å². The van der Waals surface area contributed by atoms with Crippen molar-refractivity contribution < 1.29 is 33.0 Å². The topological polar surface area (TPSA) is 107 Å². The summed E-state index contributed by atoms with van der Waals surface area (Å²) in [4.78, 5) is 37.9. The van der Waals surface area contributed by atoms with Gasteiger partial charge in [-0.15, -0.1) is 0 Å². The summed E-state index contributed by atoms with van der Waals surface area (Å²) in [7, 11) is 1.23. The van der Waals surface area contributed by atoms with E-state index in [1.54, 1.807) is 36.4 Å². The minimum absolute atomic E-state index is 0.0237. The first-order valence-electron chi connectivity index (χ1n) is 11.1. The van der Waals surface area contributed by atoms with Gasteiger partial charge in [-0.2, -0.15) is 0 Å². The van der Waals surface area contributed by atoms with Crippen molar-refractivity contribution >= 4 is 47.2 Å². The van der Waals surface area contributed by atoms with Crippen LogP contribution < -0.4 is 14.8 Å². The SMILES string of the molecule is CCOc1cc(/C=C2\NC(=O)N(Cc3ccc(C(=O)OC)o3)C2=O)ccc1OCc1ccc(Cl)cc1Cl. The van der Waals surface area contributed by atoms with Crippen molar-refractivity contribution in [1.29, 1.82) is 0 Å². The van der Waals surface area contributed by atoms with Crippen molar-refractivity contribution in [3.8, 4) is 11.5 Å². The Morgan fingerprint density at radius 1 is 1.05 bits per heavy atom. The van der Waals surface area contributed by atoms with Crippen LogP contribution in [0.2, 0.25) is 10.0 Å². The van der Waals surface area contributed by atoms with E-state index in [0.29, 0.717) is 33.7 Å². The number of nitrogens with one attached hydrogen (secondary N) is 1. The first-order chi connectivity index (χ1) is 17.8. The van der Waals surface area contributed by atoms with Crippen LogP contribution in [0.25, 0.3) is 6.08 Å². The molecule has 3 amide bonds. The second kappa shape index (κ2) is 11.4. The number of rotatable bonds is 9. The summed E-state index contributed by atoms with van der Waals surface area (Å²) in [5.74, 6) is -0.0239. The number of hydrogen-bond acceptors (Lipinski definition) is 7. The molecular formula is C26H22Cl2N2O7. The molecule has 2 aromatic carbocycles. The molecule has 0 unspecified atom stereocenters. The molecule has 0 saturated carbocycles. The Morgan fingerprint density at radius 3 is 2.59 bits per heavy atom. The van der Waals surface area contributed by atoms with Gasteiger partial charge in [-0.05, 0) is 55.0 Å². The molecule has 0 aliphatic carbocycles. The number of halogens is 2. The van der Waals surface area contributed by atoms with E-state index in [2.05, 4.69) is 10.1 Å². The third-order valence-electron chi connectivity index (χ3n) is 5.30. The van der Waals surface area contributed by atoms with Gasteiger partial charge in [-0.1, -0.05) is 35.3 Å². The normalized spacial score (nSPS) is 14.2. The predicted molar refractivity (Wildman–Crippen MR) is 136 cm³/mol. The van der Waals surface area contributed by atoms with Gasteiger partial charge < -0.3 is 23.9 Å². The fourth-order valence-electron chi connectivity index (χ4n) is 3.51. The highest BCUT2D eigenvalue weighted by Crippen LogP contribution is 2.31. The number of carbonyl (C=O) groups is 3. The monoisotopic (exact) mass is 544 g/mol. The van der Waals surface area contributed by atoms with Crippen molar-refractivity contribution in [1.82, 2.24) is 10.2 Å². The molecule has 1 saturated heterocycles. The maximum absolute atomic E-state index is 12.9. The quantitative estimate of drug-likeness (QED) is 0.217. The zero-order valence-electron chi connectivity index (χ0n) is 19.9. The summed E-state index contributed by atoms with van der Waals surface area (Å²) in [6.45, 7) is 2.27. The highest BCUT2D eigenvalue weighted by Gasteiger charge is 2.34. The van der Waals surface area contributed by atoms with Crippen LogP contribution in [0.4, 0.5) is 4.79 Å². The number of ether oxygens (including phenoxy) is 3. The third kappa shape index (κ3) is 6.07. The number of furan rings is 1. The van der Waals surface area contributed by atoms with Gasteiger partial charge in [0.05, 0.1) is 20.3 Å². The fourth-order valence-corrected chi connectivity index (χ4v) is 3.97. The molecule has 0 bridgehead atoms. The molecule has 0 spiro atoms. The first-order valence-corrected chi connectivity index (χ1v) is 11.9. The van der Waals surface area contributed by atoms with Crippen LogP contribution >= 0.6 is 23.2 Å². The standard InChI is InChI=1S/C26H22Cl2N2O7/c1-3-35-23-11-15(4-8-21(23)36-14-16-5-6-17(27)12-19(16)28)10-20-24(31)30(26(33)29-20)13-18-7-9-22(37-18)25(32)34-2/h4-12H,3,13-14H2,1-2H3,(H,29,33)/b20-10-. The zero-order valence-corrected chi connectivity index (χ0v) is 21.4. The van der Waals surface area contributed by atoms with Crippen LogP contribution in [0.15, 0.2) is 58.6 Å². The van der Waals surface area contributed by atoms with E-state index in [9.17, 15) is 14.4 Å². The molecule has 11 heteroatoms. The largest absolute Gasteiger partial charge is 0.490 e. The summed E-state index contributed by atoms with van der Waals surface area (Å²) in [6.07, 6.45) is 1.53. The van der Waals surface area contributed by atoms with Crippen molar-refractivity contribution in [2.75, 3.05) is 13.7 Å². The predicted octanol–water partition coefficient (Wildman–Crippen LogP) is 5.44. The van der Waals surface area contributed by atoms with Crippen molar-refractivity contribution in [2.24, 2.45) is 0 Å². The number of imide groups is 1. The Balaban J connectivity index is 1.49. The fraction of sp³-hybridized carbons (Fsp3) is 0.192. The van der Waals surface area contributed by atoms with Gasteiger partial charge in [0.25, 0.3) is 5.91 Å². The number of urea groups is 1. The molecule has 192 valence electrons. The summed E-state index contributed by atoms with van der Waals surface area (Å²) < 4.78 is 21.6. The number of benzene rings is 2. The molecule has 1 aromatic heterocycles. The van der Waals surface area contributed by atoms with Crippen LogP contribution in [0, 0.1) is 0 Å². The Morgan fingerprint density at radius 2 is 1.86 bits per heavy atom. The number of nitrogens with zero attached hydrogens (tertiary/aromatic N) is 1. The van der Waals surface area contributed by atoms with Crippen LogP contribution in [0.1, 0.15) is 34.4 Å². The number of esters is 1. The highest BCUT2D eigenvalue weighted by atomic mass is 35.5. The zero-order chi connectivity index (χ0) is 26.5. The molecule has 0 radical (unpaired) electrons.